The van der Waals surface area contributed by atoms with Gasteiger partial charge in [-0.15, -0.1) is 0 Å². The number of aromatic nitrogens is 1. The lowest BCUT2D eigenvalue weighted by Gasteiger charge is -2.14. The van der Waals surface area contributed by atoms with Crippen LogP contribution >= 0.6 is 0 Å². The first-order valence-corrected chi connectivity index (χ1v) is 8.47. The molecule has 1 aliphatic rings. The van der Waals surface area contributed by atoms with Crippen molar-refractivity contribution in [1.82, 2.24) is 9.88 Å². The van der Waals surface area contributed by atoms with Gasteiger partial charge in [-0.05, 0) is 56.6 Å². The van der Waals surface area contributed by atoms with E-state index in [-0.39, 0.29) is 5.91 Å². The van der Waals surface area contributed by atoms with Gasteiger partial charge in [-0.1, -0.05) is 12.1 Å². The van der Waals surface area contributed by atoms with Gasteiger partial charge in [0, 0.05) is 5.39 Å². The summed E-state index contributed by atoms with van der Waals surface area (Å²) in [5, 5.41) is 4.08. The van der Waals surface area contributed by atoms with Gasteiger partial charge in [-0.2, -0.15) is 0 Å². The summed E-state index contributed by atoms with van der Waals surface area (Å²) < 4.78 is 5.38. The molecule has 0 atom stereocenters. The quantitative estimate of drug-likeness (QED) is 0.587. The Bertz CT molecular complexity index is 1020. The third-order valence-electron chi connectivity index (χ3n) is 4.60. The van der Waals surface area contributed by atoms with E-state index in [1.165, 1.54) is 0 Å². The smallest absolute Gasteiger partial charge is 0.346 e. The zero-order valence-electron chi connectivity index (χ0n) is 14.0. The Morgan fingerprint density at radius 2 is 2.04 bits per heavy atom. The second kappa shape index (κ2) is 6.29. The van der Waals surface area contributed by atoms with Gasteiger partial charge in [0.25, 0.3) is 0 Å². The predicted molar refractivity (Wildman–Crippen MR) is 96.8 cm³/mol. The number of hydrogen-bond donors (Lipinski definition) is 1. The number of benzene rings is 1. The fourth-order valence-corrected chi connectivity index (χ4v) is 3.42. The van der Waals surface area contributed by atoms with Crippen molar-refractivity contribution in [2.45, 2.75) is 19.8 Å². The fraction of sp³-hybridized carbons (Fsp3) is 0.316. The van der Waals surface area contributed by atoms with Crippen LogP contribution in [0.1, 0.15) is 18.4 Å². The molecule has 1 fully saturated rings. The van der Waals surface area contributed by atoms with E-state index >= 15 is 0 Å². The van der Waals surface area contributed by atoms with Crippen molar-refractivity contribution in [3.05, 3.63) is 46.3 Å². The summed E-state index contributed by atoms with van der Waals surface area (Å²) in [7, 11) is 0. The van der Waals surface area contributed by atoms with Crippen LogP contribution in [0.5, 0.6) is 0 Å². The molecule has 1 aliphatic heterocycles. The summed E-state index contributed by atoms with van der Waals surface area (Å²) in [5.74, 6) is 0.380. The summed E-state index contributed by atoms with van der Waals surface area (Å²) in [5.41, 5.74) is 1.38. The van der Waals surface area contributed by atoms with E-state index in [0.29, 0.717) is 28.8 Å². The number of rotatable bonds is 3. The lowest BCUT2D eigenvalue weighted by molar-refractivity contribution is -0.117. The molecule has 4 rings (SSSR count). The summed E-state index contributed by atoms with van der Waals surface area (Å²) in [6.07, 6.45) is 2.28. The molecule has 1 saturated heterocycles. The van der Waals surface area contributed by atoms with E-state index in [1.54, 1.807) is 12.1 Å². The molecule has 2 aromatic heterocycles. The van der Waals surface area contributed by atoms with Crippen LogP contribution < -0.4 is 10.9 Å². The van der Waals surface area contributed by atoms with E-state index in [4.69, 9.17) is 4.42 Å². The molecule has 0 aliphatic carbocycles. The second-order valence-corrected chi connectivity index (χ2v) is 6.47. The van der Waals surface area contributed by atoms with Crippen molar-refractivity contribution in [3.63, 3.8) is 0 Å². The number of anilines is 1. The predicted octanol–water partition coefficient (Wildman–Crippen LogP) is 2.68. The topological polar surface area (TPSA) is 75.4 Å². The number of para-hydroxylation sites is 1. The Kier molecular flexibility index (Phi) is 3.97. The van der Waals surface area contributed by atoms with Gasteiger partial charge >= 0.3 is 5.63 Å². The average Bonchev–Trinajstić information content (AvgIpc) is 3.07. The number of fused-ring (bicyclic) bond motifs is 3. The molecule has 128 valence electrons. The molecule has 6 nitrogen and oxygen atoms in total. The molecule has 0 saturated carbocycles. The summed E-state index contributed by atoms with van der Waals surface area (Å²) in [4.78, 5) is 31.2. The minimum absolute atomic E-state index is 0.0829. The first kappa shape index (κ1) is 15.8. The molecule has 6 heteroatoms. The molecule has 25 heavy (non-hydrogen) atoms. The maximum Gasteiger partial charge on any atom is 0.346 e. The lowest BCUT2D eigenvalue weighted by atomic mass is 10.1. The van der Waals surface area contributed by atoms with Gasteiger partial charge < -0.3 is 9.73 Å². The monoisotopic (exact) mass is 337 g/mol. The Morgan fingerprint density at radius 1 is 1.28 bits per heavy atom. The van der Waals surface area contributed by atoms with Crippen molar-refractivity contribution in [2.24, 2.45) is 0 Å². The number of nitrogens with zero attached hydrogens (tertiary/aromatic N) is 2. The van der Waals surface area contributed by atoms with Gasteiger partial charge in [0.1, 0.15) is 11.4 Å². The minimum atomic E-state index is -0.409. The third kappa shape index (κ3) is 3.00. The van der Waals surface area contributed by atoms with Crippen molar-refractivity contribution < 1.29 is 9.21 Å². The molecule has 0 bridgehead atoms. The number of nitrogens with one attached hydrogen (secondary N) is 1. The van der Waals surface area contributed by atoms with Crippen LogP contribution in [0.2, 0.25) is 0 Å². The largest absolute Gasteiger partial charge is 0.422 e. The van der Waals surface area contributed by atoms with Crippen LogP contribution in [0, 0.1) is 6.92 Å². The Hall–Kier alpha value is -2.73. The number of aryl methyl sites for hydroxylation is 1. The SMILES string of the molecule is Cc1cc(NC(=O)CN2CCCC2)nc2c1c(=O)oc1ccccc12. The number of carbonyl (C=O) groups is 1. The molecular formula is C19H19N3O3. The van der Waals surface area contributed by atoms with Crippen LogP contribution in [-0.4, -0.2) is 35.4 Å². The van der Waals surface area contributed by atoms with E-state index in [2.05, 4.69) is 15.2 Å². The molecule has 0 unspecified atom stereocenters. The zero-order valence-corrected chi connectivity index (χ0v) is 14.0. The second-order valence-electron chi connectivity index (χ2n) is 6.47. The molecule has 0 radical (unpaired) electrons. The number of amides is 1. The highest BCUT2D eigenvalue weighted by Gasteiger charge is 2.17. The third-order valence-corrected chi connectivity index (χ3v) is 4.60. The highest BCUT2D eigenvalue weighted by molar-refractivity contribution is 6.04. The maximum atomic E-state index is 12.3. The van der Waals surface area contributed by atoms with E-state index in [1.807, 2.05) is 25.1 Å². The molecule has 1 N–H and O–H groups in total. The number of carbonyl (C=O) groups excluding carboxylic acids is 1. The zero-order chi connectivity index (χ0) is 17.4. The maximum absolute atomic E-state index is 12.3. The van der Waals surface area contributed by atoms with Gasteiger partial charge in [0.2, 0.25) is 5.91 Å². The van der Waals surface area contributed by atoms with Crippen molar-refractivity contribution in [3.8, 4) is 0 Å². The summed E-state index contributed by atoms with van der Waals surface area (Å²) >= 11 is 0. The highest BCUT2D eigenvalue weighted by Crippen LogP contribution is 2.25. The molecule has 0 spiro atoms. The molecule has 1 amide bonds. The molecular weight excluding hydrogens is 318 g/mol. The van der Waals surface area contributed by atoms with Crippen molar-refractivity contribution in [1.29, 1.82) is 0 Å². The van der Waals surface area contributed by atoms with Crippen LogP contribution in [0.15, 0.2) is 39.5 Å². The van der Waals surface area contributed by atoms with Crippen molar-refractivity contribution in [2.75, 3.05) is 25.0 Å². The Labute approximate surface area is 144 Å². The van der Waals surface area contributed by atoms with Gasteiger partial charge in [0.05, 0.1) is 17.4 Å². The van der Waals surface area contributed by atoms with E-state index in [0.717, 1.165) is 36.9 Å². The lowest BCUT2D eigenvalue weighted by Crippen LogP contribution is -2.31. The van der Waals surface area contributed by atoms with Crippen LogP contribution in [-0.2, 0) is 4.79 Å². The molecule has 3 aromatic rings. The summed E-state index contributed by atoms with van der Waals surface area (Å²) in [6, 6.07) is 9.01. The fourth-order valence-electron chi connectivity index (χ4n) is 3.42. The first-order chi connectivity index (χ1) is 12.1. The first-order valence-electron chi connectivity index (χ1n) is 8.47. The molecule has 1 aromatic carbocycles. The Balaban J connectivity index is 1.74. The van der Waals surface area contributed by atoms with E-state index < -0.39 is 5.63 Å². The number of likely N-dealkylation sites (tertiary alicyclic amines) is 1. The summed E-state index contributed by atoms with van der Waals surface area (Å²) in [6.45, 7) is 4.12. The van der Waals surface area contributed by atoms with Gasteiger partial charge in [-0.3, -0.25) is 9.69 Å². The normalized spacial score (nSPS) is 15.1. The van der Waals surface area contributed by atoms with Gasteiger partial charge in [-0.25, -0.2) is 9.78 Å². The number of pyridine rings is 1. The standard InChI is InChI=1S/C19H19N3O3/c1-12-10-15(20-16(23)11-22-8-4-5-9-22)21-18-13-6-2-3-7-14(13)25-19(24)17(12)18/h2-3,6-7,10H,4-5,8-9,11H2,1H3,(H,20,21,23). The average molecular weight is 337 g/mol. The minimum Gasteiger partial charge on any atom is -0.422 e. The Morgan fingerprint density at radius 3 is 2.84 bits per heavy atom. The molecule has 3 heterocycles. The van der Waals surface area contributed by atoms with Crippen LogP contribution in [0.25, 0.3) is 21.9 Å². The van der Waals surface area contributed by atoms with Crippen LogP contribution in [0.3, 0.4) is 0 Å². The number of hydrogen-bond acceptors (Lipinski definition) is 5. The highest BCUT2D eigenvalue weighted by atomic mass is 16.4. The van der Waals surface area contributed by atoms with Crippen molar-refractivity contribution >= 4 is 33.6 Å². The van der Waals surface area contributed by atoms with E-state index in [9.17, 15) is 9.59 Å². The van der Waals surface area contributed by atoms with Crippen LogP contribution in [0.4, 0.5) is 5.82 Å². The van der Waals surface area contributed by atoms with Gasteiger partial charge in [0.15, 0.2) is 0 Å².